The number of hydrogen-bond donors (Lipinski definition) is 1. The van der Waals surface area contributed by atoms with Crippen LogP contribution >= 0.6 is 11.6 Å². The average Bonchev–Trinajstić information content (AvgIpc) is 2.70. The Morgan fingerprint density at radius 3 is 2.89 bits per heavy atom. The molecule has 0 atom stereocenters. The number of rotatable bonds is 3. The van der Waals surface area contributed by atoms with Crippen LogP contribution in [0, 0.1) is 0 Å². The summed E-state index contributed by atoms with van der Waals surface area (Å²) in [7, 11) is 1.72. The van der Waals surface area contributed by atoms with Crippen LogP contribution in [0.25, 0.3) is 0 Å². The smallest absolute Gasteiger partial charge is 0.338 e. The molecule has 0 fully saturated rings. The Balaban J connectivity index is 2.06. The molecule has 0 radical (unpaired) electrons. The number of carbonyl (C=O) groups excluding carboxylic acids is 1. The third kappa shape index (κ3) is 2.78. The molecule has 0 unspecified atom stereocenters. The summed E-state index contributed by atoms with van der Waals surface area (Å²) < 4.78 is 6.61. The third-order valence-electron chi connectivity index (χ3n) is 2.29. The molecule has 6 nitrogen and oxygen atoms in total. The molecule has 0 bridgehead atoms. The molecule has 18 heavy (non-hydrogen) atoms. The number of aryl methyl sites for hydroxylation is 1. The molecule has 94 valence electrons. The van der Waals surface area contributed by atoms with Gasteiger partial charge in [-0.05, 0) is 18.2 Å². The Morgan fingerprint density at radius 1 is 1.50 bits per heavy atom. The fraction of sp³-hybridized carbons (Fsp3) is 0.182. The van der Waals surface area contributed by atoms with Gasteiger partial charge in [0.25, 0.3) is 0 Å². The first-order chi connectivity index (χ1) is 8.56. The van der Waals surface area contributed by atoms with Gasteiger partial charge in [-0.25, -0.2) is 9.78 Å². The molecule has 2 N–H and O–H groups in total. The van der Waals surface area contributed by atoms with Crippen LogP contribution in [-0.4, -0.2) is 20.7 Å². The van der Waals surface area contributed by atoms with E-state index < -0.39 is 5.97 Å². The van der Waals surface area contributed by atoms with Crippen molar-refractivity contribution in [2.24, 2.45) is 7.05 Å². The van der Waals surface area contributed by atoms with Crippen molar-refractivity contribution in [1.29, 1.82) is 0 Å². The number of nitrogen functional groups attached to an aromatic ring is 1. The molecule has 2 aromatic rings. The van der Waals surface area contributed by atoms with Crippen LogP contribution in [0.2, 0.25) is 5.02 Å². The van der Waals surface area contributed by atoms with E-state index in [1.807, 2.05) is 0 Å². The van der Waals surface area contributed by atoms with Crippen LogP contribution in [0.4, 0.5) is 5.69 Å². The lowest BCUT2D eigenvalue weighted by atomic mass is 10.2. The minimum atomic E-state index is -0.507. The van der Waals surface area contributed by atoms with Crippen molar-refractivity contribution in [2.75, 3.05) is 5.73 Å². The zero-order valence-electron chi connectivity index (χ0n) is 9.63. The molecule has 0 saturated carbocycles. The molecule has 0 spiro atoms. The Hall–Kier alpha value is -2.08. The quantitative estimate of drug-likeness (QED) is 0.671. The number of nitrogens with zero attached hydrogens (tertiary/aromatic N) is 3. The van der Waals surface area contributed by atoms with Gasteiger partial charge in [-0.15, -0.1) is 0 Å². The summed E-state index contributed by atoms with van der Waals surface area (Å²) >= 11 is 5.80. The van der Waals surface area contributed by atoms with Gasteiger partial charge in [0.2, 0.25) is 0 Å². The van der Waals surface area contributed by atoms with Crippen LogP contribution in [0.15, 0.2) is 24.5 Å². The van der Waals surface area contributed by atoms with E-state index in [1.54, 1.807) is 13.1 Å². The van der Waals surface area contributed by atoms with Crippen molar-refractivity contribution in [3.8, 4) is 0 Å². The van der Waals surface area contributed by atoms with Crippen LogP contribution in [0.1, 0.15) is 16.2 Å². The van der Waals surface area contributed by atoms with Crippen LogP contribution in [-0.2, 0) is 18.4 Å². The molecule has 0 aliphatic heterocycles. The van der Waals surface area contributed by atoms with Crippen molar-refractivity contribution in [2.45, 2.75) is 6.61 Å². The molecular formula is C11H11ClN4O2. The number of ether oxygens (including phenoxy) is 1. The maximum atomic E-state index is 11.8. The first-order valence-electron chi connectivity index (χ1n) is 5.12. The van der Waals surface area contributed by atoms with Gasteiger partial charge < -0.3 is 10.5 Å². The largest absolute Gasteiger partial charge is 0.454 e. The highest BCUT2D eigenvalue weighted by Crippen LogP contribution is 2.17. The Bertz CT molecular complexity index is 562. The zero-order valence-corrected chi connectivity index (χ0v) is 10.4. The highest BCUT2D eigenvalue weighted by Gasteiger charge is 2.11. The molecule has 0 amide bonds. The van der Waals surface area contributed by atoms with Crippen molar-refractivity contribution >= 4 is 23.3 Å². The van der Waals surface area contributed by atoms with E-state index in [9.17, 15) is 4.79 Å². The van der Waals surface area contributed by atoms with E-state index in [1.165, 1.54) is 23.1 Å². The fourth-order valence-electron chi connectivity index (χ4n) is 1.39. The highest BCUT2D eigenvalue weighted by molar-refractivity contribution is 6.31. The molecule has 0 aliphatic carbocycles. The summed E-state index contributed by atoms with van der Waals surface area (Å²) in [5.41, 5.74) is 6.31. The second-order valence-electron chi connectivity index (χ2n) is 3.65. The van der Waals surface area contributed by atoms with Gasteiger partial charge in [0.05, 0.1) is 5.56 Å². The second kappa shape index (κ2) is 5.05. The van der Waals surface area contributed by atoms with Crippen molar-refractivity contribution < 1.29 is 9.53 Å². The maximum absolute atomic E-state index is 11.8. The Kier molecular flexibility index (Phi) is 3.47. The molecule has 1 heterocycles. The molecule has 1 aromatic carbocycles. The molecule has 0 saturated heterocycles. The number of esters is 1. The summed E-state index contributed by atoms with van der Waals surface area (Å²) in [5.74, 6) is 0.0468. The van der Waals surface area contributed by atoms with Gasteiger partial charge in [-0.1, -0.05) is 11.6 Å². The lowest BCUT2D eigenvalue weighted by Gasteiger charge is -2.05. The van der Waals surface area contributed by atoms with Crippen molar-refractivity contribution in [1.82, 2.24) is 14.8 Å². The van der Waals surface area contributed by atoms with Gasteiger partial charge in [0, 0.05) is 17.8 Å². The molecule has 0 aliphatic rings. The summed E-state index contributed by atoms with van der Waals surface area (Å²) in [6.07, 6.45) is 1.39. The van der Waals surface area contributed by atoms with Gasteiger partial charge in [-0.2, -0.15) is 5.10 Å². The van der Waals surface area contributed by atoms with E-state index in [4.69, 9.17) is 22.1 Å². The van der Waals surface area contributed by atoms with E-state index in [0.29, 0.717) is 22.1 Å². The zero-order chi connectivity index (χ0) is 13.1. The standard InChI is InChI=1S/C11H11ClN4O2/c1-16-10(14-6-15-16)5-18-11(17)7-2-8(12)4-9(13)3-7/h2-4,6H,5,13H2,1H3. The van der Waals surface area contributed by atoms with E-state index >= 15 is 0 Å². The highest BCUT2D eigenvalue weighted by atomic mass is 35.5. The van der Waals surface area contributed by atoms with Gasteiger partial charge in [-0.3, -0.25) is 4.68 Å². The average molecular weight is 267 g/mol. The lowest BCUT2D eigenvalue weighted by molar-refractivity contribution is 0.0458. The summed E-state index contributed by atoms with van der Waals surface area (Å²) in [6, 6.07) is 4.56. The SMILES string of the molecule is Cn1ncnc1COC(=O)c1cc(N)cc(Cl)c1. The number of halogens is 1. The third-order valence-corrected chi connectivity index (χ3v) is 2.51. The first-order valence-corrected chi connectivity index (χ1v) is 5.50. The topological polar surface area (TPSA) is 83.0 Å². The number of anilines is 1. The van der Waals surface area contributed by atoms with E-state index in [0.717, 1.165) is 0 Å². The number of carbonyl (C=O) groups is 1. The van der Waals surface area contributed by atoms with Gasteiger partial charge in [0.1, 0.15) is 6.33 Å². The lowest BCUT2D eigenvalue weighted by Crippen LogP contribution is -2.09. The van der Waals surface area contributed by atoms with Crippen LogP contribution in [0.5, 0.6) is 0 Å². The second-order valence-corrected chi connectivity index (χ2v) is 4.09. The van der Waals surface area contributed by atoms with E-state index in [-0.39, 0.29) is 6.61 Å². The summed E-state index contributed by atoms with van der Waals surface area (Å²) in [4.78, 5) is 15.7. The molecule has 1 aromatic heterocycles. The molecule has 7 heteroatoms. The minimum absolute atomic E-state index is 0.0434. The summed E-state index contributed by atoms with van der Waals surface area (Å²) in [5, 5.41) is 4.26. The predicted octanol–water partition coefficient (Wildman–Crippen LogP) is 1.41. The van der Waals surface area contributed by atoms with Gasteiger partial charge in [0.15, 0.2) is 12.4 Å². The monoisotopic (exact) mass is 266 g/mol. The minimum Gasteiger partial charge on any atom is -0.454 e. The number of nitrogens with two attached hydrogens (primary N) is 1. The Labute approximate surface area is 108 Å². The number of hydrogen-bond acceptors (Lipinski definition) is 5. The maximum Gasteiger partial charge on any atom is 0.338 e. The normalized spacial score (nSPS) is 10.3. The predicted molar refractivity (Wildman–Crippen MR) is 66.0 cm³/mol. The number of aromatic nitrogens is 3. The van der Waals surface area contributed by atoms with Crippen LogP contribution < -0.4 is 5.73 Å². The molecule has 2 rings (SSSR count). The van der Waals surface area contributed by atoms with Crippen molar-refractivity contribution in [3.05, 3.63) is 40.9 Å². The van der Waals surface area contributed by atoms with E-state index in [2.05, 4.69) is 10.1 Å². The van der Waals surface area contributed by atoms with Crippen LogP contribution in [0.3, 0.4) is 0 Å². The van der Waals surface area contributed by atoms with Crippen molar-refractivity contribution in [3.63, 3.8) is 0 Å². The fourth-order valence-corrected chi connectivity index (χ4v) is 1.64. The number of benzene rings is 1. The Morgan fingerprint density at radius 2 is 2.28 bits per heavy atom. The van der Waals surface area contributed by atoms with Gasteiger partial charge >= 0.3 is 5.97 Å². The summed E-state index contributed by atoms with van der Waals surface area (Å²) in [6.45, 7) is 0.0434. The first kappa shape index (κ1) is 12.4. The molecular weight excluding hydrogens is 256 g/mol.